The van der Waals surface area contributed by atoms with E-state index in [2.05, 4.69) is 10.3 Å². The van der Waals surface area contributed by atoms with Crippen molar-refractivity contribution >= 4 is 0 Å². The van der Waals surface area contributed by atoms with Gasteiger partial charge in [0.1, 0.15) is 0 Å². The molecule has 0 saturated carbocycles. The third kappa shape index (κ3) is 2.79. The Kier molecular flexibility index (Phi) is 3.01. The molecule has 72 valence electrons. The number of hydrogen-bond acceptors (Lipinski definition) is 3. The van der Waals surface area contributed by atoms with Crippen LogP contribution in [0.1, 0.15) is 25.0 Å². The van der Waals surface area contributed by atoms with Gasteiger partial charge in [0.25, 0.3) is 0 Å². The largest absolute Gasteiger partial charge is 0.386 e. The Bertz CT molecular complexity index is 278. The zero-order valence-corrected chi connectivity index (χ0v) is 8.33. The molecule has 1 rings (SSSR count). The zero-order valence-electron chi connectivity index (χ0n) is 8.33. The maximum Gasteiger partial charge on any atom is 0.0855 e. The summed E-state index contributed by atoms with van der Waals surface area (Å²) in [7, 11) is 1.89. The van der Waals surface area contributed by atoms with Gasteiger partial charge in [-0.3, -0.25) is 4.98 Å². The Morgan fingerprint density at radius 3 is 2.69 bits per heavy atom. The number of pyridine rings is 1. The molecule has 2 N–H and O–H groups in total. The number of aromatic nitrogens is 1. The van der Waals surface area contributed by atoms with Gasteiger partial charge in [-0.15, -0.1) is 0 Å². The second-order valence-electron chi connectivity index (χ2n) is 3.67. The first-order valence-corrected chi connectivity index (χ1v) is 4.35. The van der Waals surface area contributed by atoms with Gasteiger partial charge in [-0.05, 0) is 32.5 Å². The van der Waals surface area contributed by atoms with Crippen molar-refractivity contribution in [2.45, 2.75) is 26.0 Å². The fraction of sp³-hybridized carbons (Fsp3) is 0.500. The van der Waals surface area contributed by atoms with E-state index in [9.17, 15) is 5.11 Å². The molecule has 0 aliphatic heterocycles. The predicted octanol–water partition coefficient (Wildman–Crippen LogP) is 1.03. The SMILES string of the molecule is CNCc1cncc(C(C)(C)O)c1. The Labute approximate surface area is 78.8 Å². The minimum absolute atomic E-state index is 0.775. The molecule has 0 atom stereocenters. The highest BCUT2D eigenvalue weighted by atomic mass is 16.3. The lowest BCUT2D eigenvalue weighted by molar-refractivity contribution is 0.0781. The minimum atomic E-state index is -0.809. The molecule has 0 saturated heterocycles. The lowest BCUT2D eigenvalue weighted by Gasteiger charge is -2.17. The third-order valence-electron chi connectivity index (χ3n) is 1.88. The molecule has 0 radical (unpaired) electrons. The van der Waals surface area contributed by atoms with Gasteiger partial charge in [-0.1, -0.05) is 0 Å². The fourth-order valence-electron chi connectivity index (χ4n) is 1.12. The summed E-state index contributed by atoms with van der Waals surface area (Å²) in [5.74, 6) is 0. The molecule has 0 amide bonds. The van der Waals surface area contributed by atoms with Crippen molar-refractivity contribution in [3.05, 3.63) is 29.6 Å². The highest BCUT2D eigenvalue weighted by molar-refractivity contribution is 5.22. The molecule has 1 heterocycles. The summed E-state index contributed by atoms with van der Waals surface area (Å²) < 4.78 is 0. The van der Waals surface area contributed by atoms with Crippen molar-refractivity contribution in [2.75, 3.05) is 7.05 Å². The Morgan fingerprint density at radius 2 is 2.15 bits per heavy atom. The predicted molar refractivity (Wildman–Crippen MR) is 52.2 cm³/mol. The van der Waals surface area contributed by atoms with Crippen LogP contribution in [-0.2, 0) is 12.1 Å². The van der Waals surface area contributed by atoms with Crippen LogP contribution in [0.3, 0.4) is 0 Å². The smallest absolute Gasteiger partial charge is 0.0855 e. The lowest BCUT2D eigenvalue weighted by Crippen LogP contribution is -2.16. The summed E-state index contributed by atoms with van der Waals surface area (Å²) in [6.45, 7) is 4.29. The summed E-state index contributed by atoms with van der Waals surface area (Å²) in [5, 5.41) is 12.8. The molecule has 3 heteroatoms. The molecule has 0 spiro atoms. The lowest BCUT2D eigenvalue weighted by atomic mass is 9.99. The van der Waals surface area contributed by atoms with Crippen LogP contribution in [0.15, 0.2) is 18.5 Å². The van der Waals surface area contributed by atoms with E-state index in [0.29, 0.717) is 0 Å². The quantitative estimate of drug-likeness (QED) is 0.730. The van der Waals surface area contributed by atoms with Gasteiger partial charge >= 0.3 is 0 Å². The van der Waals surface area contributed by atoms with E-state index < -0.39 is 5.60 Å². The zero-order chi connectivity index (χ0) is 9.90. The first kappa shape index (κ1) is 10.2. The number of aliphatic hydroxyl groups is 1. The van der Waals surface area contributed by atoms with E-state index in [1.165, 1.54) is 0 Å². The summed E-state index contributed by atoms with van der Waals surface area (Å²) in [6, 6.07) is 1.96. The van der Waals surface area contributed by atoms with E-state index in [0.717, 1.165) is 17.7 Å². The number of hydrogen-bond donors (Lipinski definition) is 2. The Hall–Kier alpha value is -0.930. The summed E-state index contributed by atoms with van der Waals surface area (Å²) in [4.78, 5) is 4.07. The van der Waals surface area contributed by atoms with Crippen LogP contribution in [0.25, 0.3) is 0 Å². The van der Waals surface area contributed by atoms with E-state index >= 15 is 0 Å². The van der Waals surface area contributed by atoms with Crippen molar-refractivity contribution < 1.29 is 5.11 Å². The molecular formula is C10H16N2O. The second-order valence-corrected chi connectivity index (χ2v) is 3.67. The van der Waals surface area contributed by atoms with E-state index in [1.54, 1.807) is 26.2 Å². The van der Waals surface area contributed by atoms with Crippen molar-refractivity contribution in [3.8, 4) is 0 Å². The van der Waals surface area contributed by atoms with Gasteiger partial charge < -0.3 is 10.4 Å². The van der Waals surface area contributed by atoms with Crippen LogP contribution in [0.4, 0.5) is 0 Å². The first-order chi connectivity index (χ1) is 6.04. The number of nitrogens with one attached hydrogen (secondary N) is 1. The van der Waals surface area contributed by atoms with Gasteiger partial charge in [-0.2, -0.15) is 0 Å². The monoisotopic (exact) mass is 180 g/mol. The molecule has 0 fully saturated rings. The molecule has 1 aromatic rings. The Balaban J connectivity index is 2.92. The van der Waals surface area contributed by atoms with Gasteiger partial charge in [0.05, 0.1) is 5.60 Å². The molecule has 3 nitrogen and oxygen atoms in total. The molecule has 13 heavy (non-hydrogen) atoms. The van der Waals surface area contributed by atoms with Crippen molar-refractivity contribution in [1.29, 1.82) is 0 Å². The Morgan fingerprint density at radius 1 is 1.46 bits per heavy atom. The van der Waals surface area contributed by atoms with E-state index in [-0.39, 0.29) is 0 Å². The van der Waals surface area contributed by atoms with E-state index in [1.807, 2.05) is 13.1 Å². The normalized spacial score (nSPS) is 11.7. The van der Waals surface area contributed by atoms with Crippen LogP contribution in [-0.4, -0.2) is 17.1 Å². The summed E-state index contributed by atoms with van der Waals surface area (Å²) in [5.41, 5.74) is 1.12. The van der Waals surface area contributed by atoms with Crippen LogP contribution >= 0.6 is 0 Å². The summed E-state index contributed by atoms with van der Waals surface area (Å²) >= 11 is 0. The van der Waals surface area contributed by atoms with Crippen molar-refractivity contribution in [3.63, 3.8) is 0 Å². The molecule has 0 aliphatic rings. The maximum absolute atomic E-state index is 9.72. The number of nitrogens with zero attached hydrogens (tertiary/aromatic N) is 1. The second kappa shape index (κ2) is 3.85. The van der Waals surface area contributed by atoms with Crippen LogP contribution < -0.4 is 5.32 Å². The average Bonchev–Trinajstić information content (AvgIpc) is 2.04. The molecule has 1 aromatic heterocycles. The van der Waals surface area contributed by atoms with Gasteiger partial charge in [0, 0.05) is 24.5 Å². The molecular weight excluding hydrogens is 164 g/mol. The van der Waals surface area contributed by atoms with Gasteiger partial charge in [-0.25, -0.2) is 0 Å². The van der Waals surface area contributed by atoms with Crippen LogP contribution in [0, 0.1) is 0 Å². The number of rotatable bonds is 3. The third-order valence-corrected chi connectivity index (χ3v) is 1.88. The van der Waals surface area contributed by atoms with E-state index in [4.69, 9.17) is 0 Å². The molecule has 0 aromatic carbocycles. The first-order valence-electron chi connectivity index (χ1n) is 4.35. The van der Waals surface area contributed by atoms with Gasteiger partial charge in [0.15, 0.2) is 0 Å². The summed E-state index contributed by atoms with van der Waals surface area (Å²) in [6.07, 6.45) is 3.49. The van der Waals surface area contributed by atoms with Gasteiger partial charge in [0.2, 0.25) is 0 Å². The topological polar surface area (TPSA) is 45.2 Å². The minimum Gasteiger partial charge on any atom is -0.386 e. The molecule has 0 unspecified atom stereocenters. The highest BCUT2D eigenvalue weighted by Crippen LogP contribution is 2.18. The maximum atomic E-state index is 9.72. The fourth-order valence-corrected chi connectivity index (χ4v) is 1.12. The van der Waals surface area contributed by atoms with Crippen LogP contribution in [0.2, 0.25) is 0 Å². The van der Waals surface area contributed by atoms with Crippen molar-refractivity contribution in [1.82, 2.24) is 10.3 Å². The van der Waals surface area contributed by atoms with Crippen molar-refractivity contribution in [2.24, 2.45) is 0 Å². The van der Waals surface area contributed by atoms with Crippen LogP contribution in [0.5, 0.6) is 0 Å². The molecule has 0 aliphatic carbocycles. The standard InChI is InChI=1S/C10H16N2O/c1-10(2,13)9-4-8(5-11-3)6-12-7-9/h4,6-7,11,13H,5H2,1-3H3. The average molecular weight is 180 g/mol. The highest BCUT2D eigenvalue weighted by Gasteiger charge is 2.16. The molecule has 0 bridgehead atoms.